The van der Waals surface area contributed by atoms with Crippen molar-refractivity contribution in [3.63, 3.8) is 0 Å². The Morgan fingerprint density at radius 2 is 1.63 bits per heavy atom. The number of hydrogen-bond donors (Lipinski definition) is 1. The van der Waals surface area contributed by atoms with E-state index in [2.05, 4.69) is 0 Å². The molecular weight excluding hydrogens is 385 g/mol. The largest absolute Gasteiger partial charge is 0.478 e. The molecule has 0 radical (unpaired) electrons. The Morgan fingerprint density at radius 3 is 2.22 bits per heavy atom. The van der Waals surface area contributed by atoms with Crippen molar-refractivity contribution >= 4 is 29.2 Å². The number of nitrogens with zero attached hydrogens (tertiary/aromatic N) is 1. The normalized spacial score (nSPS) is 10.8. The first-order chi connectivity index (χ1) is 12.9. The van der Waals surface area contributed by atoms with Crippen molar-refractivity contribution in [3.05, 3.63) is 103 Å². The molecule has 0 saturated carbocycles. The van der Waals surface area contributed by atoms with E-state index < -0.39 is 5.97 Å². The van der Waals surface area contributed by atoms with E-state index in [4.69, 9.17) is 28.3 Å². The molecule has 1 heterocycles. The van der Waals surface area contributed by atoms with E-state index in [-0.39, 0.29) is 11.0 Å². The first-order valence-electron chi connectivity index (χ1n) is 8.31. The molecule has 0 saturated heterocycles. The molecule has 1 N–H and O–H groups in total. The molecule has 0 aliphatic heterocycles. The van der Waals surface area contributed by atoms with Crippen LogP contribution in [-0.4, -0.2) is 15.6 Å². The highest BCUT2D eigenvalue weighted by atomic mass is 35.5. The number of carboxylic acid groups (broad SMARTS) is 1. The van der Waals surface area contributed by atoms with Crippen LogP contribution in [0.2, 0.25) is 10.0 Å². The lowest BCUT2D eigenvalue weighted by molar-refractivity contribution is 0.0697. The Kier molecular flexibility index (Phi) is 5.68. The number of hydrogen-bond acceptors (Lipinski definition) is 2. The van der Waals surface area contributed by atoms with Gasteiger partial charge >= 0.3 is 5.97 Å². The number of pyridine rings is 1. The molecule has 0 aliphatic carbocycles. The van der Waals surface area contributed by atoms with Crippen molar-refractivity contribution < 1.29 is 9.90 Å². The van der Waals surface area contributed by atoms with Gasteiger partial charge in [-0.15, -0.1) is 0 Å². The van der Waals surface area contributed by atoms with E-state index in [9.17, 15) is 9.59 Å². The Bertz CT molecular complexity index is 1040. The zero-order valence-electron chi connectivity index (χ0n) is 14.6. The van der Waals surface area contributed by atoms with Gasteiger partial charge in [0.2, 0.25) is 0 Å². The summed E-state index contributed by atoms with van der Waals surface area (Å²) in [5, 5.41) is 10.1. The first-order valence-corrected chi connectivity index (χ1v) is 9.06. The quantitative estimate of drug-likeness (QED) is 0.667. The summed E-state index contributed by atoms with van der Waals surface area (Å²) in [6.45, 7) is 2.41. The van der Waals surface area contributed by atoms with Gasteiger partial charge in [-0.2, -0.15) is 0 Å². The van der Waals surface area contributed by atoms with Crippen LogP contribution in [0.5, 0.6) is 0 Å². The summed E-state index contributed by atoms with van der Waals surface area (Å²) in [7, 11) is 0. The van der Waals surface area contributed by atoms with E-state index in [1.165, 1.54) is 6.07 Å². The van der Waals surface area contributed by atoms with Crippen LogP contribution in [0.25, 0.3) is 0 Å². The summed E-state index contributed by atoms with van der Waals surface area (Å²) in [5.41, 5.74) is 3.29. The van der Waals surface area contributed by atoms with Crippen LogP contribution in [0, 0.1) is 6.92 Å². The van der Waals surface area contributed by atoms with Crippen LogP contribution in [0.3, 0.4) is 0 Å². The fourth-order valence-electron chi connectivity index (χ4n) is 2.94. The molecule has 3 rings (SSSR count). The third-order valence-corrected chi connectivity index (χ3v) is 5.25. The predicted octanol–water partition coefficient (Wildman–Crippen LogP) is 4.80. The van der Waals surface area contributed by atoms with Crippen LogP contribution in [0.4, 0.5) is 0 Å². The van der Waals surface area contributed by atoms with Gasteiger partial charge in [-0.1, -0.05) is 41.4 Å². The highest BCUT2D eigenvalue weighted by molar-refractivity contribution is 6.36. The van der Waals surface area contributed by atoms with Crippen molar-refractivity contribution in [2.75, 3.05) is 0 Å². The number of aromatic carboxylic acids is 1. The zero-order chi connectivity index (χ0) is 19.6. The lowest BCUT2D eigenvalue weighted by atomic mass is 10.0. The molecule has 138 valence electrons. The monoisotopic (exact) mass is 401 g/mol. The Hall–Kier alpha value is -2.56. The molecule has 0 aliphatic rings. The van der Waals surface area contributed by atoms with E-state index in [1.807, 2.05) is 11.5 Å². The van der Waals surface area contributed by atoms with Gasteiger partial charge in [-0.3, -0.25) is 4.79 Å². The summed E-state index contributed by atoms with van der Waals surface area (Å²) in [4.78, 5) is 23.4. The molecule has 0 atom stereocenters. The molecule has 6 heteroatoms. The van der Waals surface area contributed by atoms with Gasteiger partial charge < -0.3 is 9.67 Å². The molecule has 0 bridgehead atoms. The van der Waals surface area contributed by atoms with Gasteiger partial charge in [0.1, 0.15) is 0 Å². The minimum absolute atomic E-state index is 0.0686. The molecule has 0 spiro atoms. The Morgan fingerprint density at radius 1 is 1.00 bits per heavy atom. The number of aromatic nitrogens is 1. The maximum atomic E-state index is 12.4. The Balaban J connectivity index is 1.94. The van der Waals surface area contributed by atoms with Crippen molar-refractivity contribution in [1.82, 2.24) is 4.57 Å². The minimum Gasteiger partial charge on any atom is -0.478 e. The summed E-state index contributed by atoms with van der Waals surface area (Å²) >= 11 is 12.5. The van der Waals surface area contributed by atoms with Crippen LogP contribution >= 0.6 is 23.2 Å². The standard InChI is InChI=1S/C21H17Cl2NO3/c1-13-16(11-17-18(22)3-2-4-19(17)23)20(25)9-10-24(13)12-14-5-7-15(8-6-14)21(26)27/h2-10H,11-12H2,1H3,(H,26,27). The lowest BCUT2D eigenvalue weighted by Crippen LogP contribution is -2.17. The fourth-order valence-corrected chi connectivity index (χ4v) is 3.47. The summed E-state index contributed by atoms with van der Waals surface area (Å²) in [6, 6.07) is 13.5. The molecule has 0 unspecified atom stereocenters. The van der Waals surface area contributed by atoms with E-state index in [0.29, 0.717) is 28.6 Å². The van der Waals surface area contributed by atoms with Crippen molar-refractivity contribution in [2.24, 2.45) is 0 Å². The second-order valence-electron chi connectivity index (χ2n) is 6.25. The average Bonchev–Trinajstić information content (AvgIpc) is 2.63. The van der Waals surface area contributed by atoms with Gasteiger partial charge in [0.25, 0.3) is 0 Å². The molecular formula is C21H17Cl2NO3. The van der Waals surface area contributed by atoms with E-state index in [1.54, 1.807) is 48.7 Å². The maximum Gasteiger partial charge on any atom is 0.335 e. The van der Waals surface area contributed by atoms with Crippen LogP contribution in [0.1, 0.15) is 32.7 Å². The number of benzene rings is 2. The summed E-state index contributed by atoms with van der Waals surface area (Å²) in [5.74, 6) is -0.958. The molecule has 4 nitrogen and oxygen atoms in total. The smallest absolute Gasteiger partial charge is 0.335 e. The number of rotatable bonds is 5. The van der Waals surface area contributed by atoms with Crippen LogP contribution < -0.4 is 5.43 Å². The van der Waals surface area contributed by atoms with Crippen LogP contribution in [-0.2, 0) is 13.0 Å². The van der Waals surface area contributed by atoms with Gasteiger partial charge in [-0.05, 0) is 42.3 Å². The molecule has 0 amide bonds. The van der Waals surface area contributed by atoms with Gasteiger partial charge in [0.15, 0.2) is 5.43 Å². The zero-order valence-corrected chi connectivity index (χ0v) is 16.1. The van der Waals surface area contributed by atoms with Gasteiger partial charge in [0.05, 0.1) is 5.56 Å². The van der Waals surface area contributed by atoms with Crippen molar-refractivity contribution in [1.29, 1.82) is 0 Å². The fraction of sp³-hybridized carbons (Fsp3) is 0.143. The van der Waals surface area contributed by atoms with Crippen molar-refractivity contribution in [3.8, 4) is 0 Å². The molecule has 2 aromatic carbocycles. The van der Waals surface area contributed by atoms with Gasteiger partial charge in [-0.25, -0.2) is 4.79 Å². The third kappa shape index (κ3) is 4.24. The predicted molar refractivity (Wildman–Crippen MR) is 107 cm³/mol. The summed E-state index contributed by atoms with van der Waals surface area (Å²) in [6.07, 6.45) is 2.09. The third-order valence-electron chi connectivity index (χ3n) is 4.54. The number of carboxylic acids is 1. The van der Waals surface area contributed by atoms with E-state index >= 15 is 0 Å². The van der Waals surface area contributed by atoms with Crippen LogP contribution in [0.15, 0.2) is 59.5 Å². The molecule has 1 aromatic heterocycles. The first kappa shape index (κ1) is 19.2. The second kappa shape index (κ2) is 7.99. The SMILES string of the molecule is Cc1c(Cc2c(Cl)cccc2Cl)c(=O)ccn1Cc1ccc(C(=O)O)cc1. The lowest BCUT2D eigenvalue weighted by Gasteiger charge is -2.15. The average molecular weight is 402 g/mol. The molecule has 3 aromatic rings. The topological polar surface area (TPSA) is 59.3 Å². The second-order valence-corrected chi connectivity index (χ2v) is 7.07. The number of carbonyl (C=O) groups is 1. The van der Waals surface area contributed by atoms with E-state index in [0.717, 1.165) is 16.8 Å². The molecule has 0 fully saturated rings. The van der Waals surface area contributed by atoms with Crippen molar-refractivity contribution in [2.45, 2.75) is 19.9 Å². The number of halogens is 2. The van der Waals surface area contributed by atoms with Gasteiger partial charge in [0, 0.05) is 46.5 Å². The Labute approximate surface area is 166 Å². The highest BCUT2D eigenvalue weighted by Crippen LogP contribution is 2.27. The molecule has 27 heavy (non-hydrogen) atoms. The minimum atomic E-state index is -0.958. The highest BCUT2D eigenvalue weighted by Gasteiger charge is 2.13. The maximum absolute atomic E-state index is 12.4. The summed E-state index contributed by atoms with van der Waals surface area (Å²) < 4.78 is 1.96.